The van der Waals surface area contributed by atoms with E-state index in [0.29, 0.717) is 11.5 Å². The fourth-order valence-electron chi connectivity index (χ4n) is 3.56. The largest absolute Gasteiger partial charge is 0.464 e. The van der Waals surface area contributed by atoms with Crippen molar-refractivity contribution in [2.75, 3.05) is 20.6 Å². The Morgan fingerprint density at radius 3 is 2.68 bits per heavy atom. The van der Waals surface area contributed by atoms with Gasteiger partial charge in [-0.25, -0.2) is 0 Å². The topological polar surface area (TPSA) is 37.2 Å². The second-order valence-corrected chi connectivity index (χ2v) is 5.66. The molecule has 0 saturated heterocycles. The van der Waals surface area contributed by atoms with E-state index in [1.807, 2.05) is 25.4 Å². The van der Waals surface area contributed by atoms with E-state index in [0.717, 1.165) is 12.1 Å². The molecule has 1 aromatic heterocycles. The first-order chi connectivity index (χ1) is 9.30. The zero-order chi connectivity index (χ0) is 13.3. The average molecular weight is 258 g/mol. The molecule has 3 heteroatoms. The number of nitrogens with one attached hydrogen (secondary N) is 2. The Morgan fingerprint density at radius 1 is 1.26 bits per heavy atom. The summed E-state index contributed by atoms with van der Waals surface area (Å²) in [6, 6.07) is 8.66. The van der Waals surface area contributed by atoms with Crippen LogP contribution in [-0.2, 0) is 0 Å². The average Bonchev–Trinajstić information content (AvgIpc) is 2.81. The molecule has 1 aromatic carbocycles. The summed E-state index contributed by atoms with van der Waals surface area (Å²) in [6.07, 6.45) is 5.81. The van der Waals surface area contributed by atoms with E-state index in [4.69, 9.17) is 4.42 Å². The summed E-state index contributed by atoms with van der Waals surface area (Å²) >= 11 is 0. The number of hydrogen-bond acceptors (Lipinski definition) is 3. The Morgan fingerprint density at radius 2 is 2.05 bits per heavy atom. The van der Waals surface area contributed by atoms with Gasteiger partial charge in [0.25, 0.3) is 0 Å². The molecule has 3 rings (SSSR count). The van der Waals surface area contributed by atoms with Gasteiger partial charge in [0.05, 0.1) is 6.26 Å². The van der Waals surface area contributed by atoms with Gasteiger partial charge in [0.2, 0.25) is 0 Å². The normalized spacial score (nSPS) is 19.3. The molecule has 0 radical (unpaired) electrons. The van der Waals surface area contributed by atoms with Crippen molar-refractivity contribution < 1.29 is 4.42 Å². The van der Waals surface area contributed by atoms with Crippen LogP contribution >= 0.6 is 0 Å². The summed E-state index contributed by atoms with van der Waals surface area (Å²) < 4.78 is 5.71. The van der Waals surface area contributed by atoms with Gasteiger partial charge in [0.15, 0.2) is 0 Å². The van der Waals surface area contributed by atoms with E-state index >= 15 is 0 Å². The number of furan rings is 1. The Kier molecular flexibility index (Phi) is 3.33. The maximum atomic E-state index is 5.71. The summed E-state index contributed by atoms with van der Waals surface area (Å²) in [5.41, 5.74) is 2.61. The third kappa shape index (κ3) is 1.97. The van der Waals surface area contributed by atoms with Crippen molar-refractivity contribution >= 4 is 11.0 Å². The molecule has 3 nitrogen and oxygen atoms in total. The van der Waals surface area contributed by atoms with Crippen LogP contribution in [0, 0.1) is 5.41 Å². The van der Waals surface area contributed by atoms with E-state index in [1.54, 1.807) is 0 Å². The van der Waals surface area contributed by atoms with Gasteiger partial charge in [-0.2, -0.15) is 0 Å². The molecule has 19 heavy (non-hydrogen) atoms. The standard InChI is InChI=1S/C16H22N2O/c1-17-11-16(8-5-9-16)15(18-2)13-10-19-14-7-4-3-6-12(13)14/h3-4,6-7,10,15,17-18H,5,8-9,11H2,1-2H3. The third-order valence-electron chi connectivity index (χ3n) is 4.60. The molecule has 1 heterocycles. The highest BCUT2D eigenvalue weighted by Crippen LogP contribution is 2.50. The van der Waals surface area contributed by atoms with E-state index in [9.17, 15) is 0 Å². The molecule has 1 aliphatic carbocycles. The molecule has 1 fully saturated rings. The molecule has 0 spiro atoms. The molecule has 0 bridgehead atoms. The lowest BCUT2D eigenvalue weighted by Gasteiger charge is -2.47. The highest BCUT2D eigenvalue weighted by atomic mass is 16.3. The summed E-state index contributed by atoms with van der Waals surface area (Å²) in [7, 11) is 4.10. The van der Waals surface area contributed by atoms with Crippen molar-refractivity contribution in [2.45, 2.75) is 25.3 Å². The van der Waals surface area contributed by atoms with Gasteiger partial charge in [-0.05, 0) is 33.0 Å². The maximum Gasteiger partial charge on any atom is 0.134 e. The number of fused-ring (bicyclic) bond motifs is 1. The van der Waals surface area contributed by atoms with E-state index < -0.39 is 0 Å². The zero-order valence-electron chi connectivity index (χ0n) is 11.7. The van der Waals surface area contributed by atoms with E-state index in [-0.39, 0.29) is 0 Å². The van der Waals surface area contributed by atoms with Gasteiger partial charge < -0.3 is 15.1 Å². The summed E-state index contributed by atoms with van der Waals surface area (Å²) in [5, 5.41) is 8.13. The minimum Gasteiger partial charge on any atom is -0.464 e. The van der Waals surface area contributed by atoms with Crippen LogP contribution in [0.5, 0.6) is 0 Å². The molecule has 0 amide bonds. The lowest BCUT2D eigenvalue weighted by Crippen LogP contribution is -2.47. The molecule has 1 saturated carbocycles. The van der Waals surface area contributed by atoms with Crippen molar-refractivity contribution in [3.63, 3.8) is 0 Å². The SMILES string of the molecule is CNCC1(C(NC)c2coc3ccccc23)CCC1. The van der Waals surface area contributed by atoms with Crippen LogP contribution in [0.15, 0.2) is 34.9 Å². The van der Waals surface area contributed by atoms with Crippen molar-refractivity contribution in [2.24, 2.45) is 5.41 Å². The molecule has 1 aliphatic rings. The Hall–Kier alpha value is -1.32. The van der Waals surface area contributed by atoms with Crippen LogP contribution in [0.25, 0.3) is 11.0 Å². The van der Waals surface area contributed by atoms with Gasteiger partial charge in [-0.3, -0.25) is 0 Å². The first-order valence-corrected chi connectivity index (χ1v) is 7.09. The molecule has 0 aliphatic heterocycles. The number of hydrogen-bond donors (Lipinski definition) is 2. The zero-order valence-corrected chi connectivity index (χ0v) is 11.7. The smallest absolute Gasteiger partial charge is 0.134 e. The summed E-state index contributed by atoms with van der Waals surface area (Å²) in [5.74, 6) is 0. The fraction of sp³-hybridized carbons (Fsp3) is 0.500. The number of benzene rings is 1. The molecule has 1 atom stereocenters. The van der Waals surface area contributed by atoms with Crippen molar-refractivity contribution in [1.82, 2.24) is 10.6 Å². The summed E-state index contributed by atoms with van der Waals surface area (Å²) in [6.45, 7) is 1.05. The van der Waals surface area contributed by atoms with Crippen LogP contribution in [0.2, 0.25) is 0 Å². The van der Waals surface area contributed by atoms with Crippen molar-refractivity contribution in [1.29, 1.82) is 0 Å². The summed E-state index contributed by atoms with van der Waals surface area (Å²) in [4.78, 5) is 0. The lowest BCUT2D eigenvalue weighted by molar-refractivity contribution is 0.0791. The number of rotatable bonds is 5. The molecule has 1 unspecified atom stereocenters. The number of para-hydroxylation sites is 1. The molecular formula is C16H22N2O. The molecular weight excluding hydrogens is 236 g/mol. The quantitative estimate of drug-likeness (QED) is 0.865. The first-order valence-electron chi connectivity index (χ1n) is 7.09. The van der Waals surface area contributed by atoms with Gasteiger partial charge in [0.1, 0.15) is 5.58 Å². The Labute approximate surface area is 114 Å². The molecule has 102 valence electrons. The van der Waals surface area contributed by atoms with Crippen LogP contribution in [0.3, 0.4) is 0 Å². The highest BCUT2D eigenvalue weighted by molar-refractivity contribution is 5.81. The highest BCUT2D eigenvalue weighted by Gasteiger charge is 2.44. The van der Waals surface area contributed by atoms with Crippen LogP contribution in [0.1, 0.15) is 30.9 Å². The lowest BCUT2D eigenvalue weighted by atomic mass is 9.62. The van der Waals surface area contributed by atoms with E-state index in [2.05, 4.69) is 29.8 Å². The van der Waals surface area contributed by atoms with Crippen molar-refractivity contribution in [3.05, 3.63) is 36.1 Å². The second kappa shape index (κ2) is 4.99. The van der Waals surface area contributed by atoms with Gasteiger partial charge in [-0.1, -0.05) is 24.6 Å². The first kappa shape index (κ1) is 12.7. The van der Waals surface area contributed by atoms with Crippen LogP contribution in [0.4, 0.5) is 0 Å². The van der Waals surface area contributed by atoms with E-state index in [1.165, 1.54) is 30.2 Å². The second-order valence-electron chi connectivity index (χ2n) is 5.66. The Balaban J connectivity index is 2.02. The van der Waals surface area contributed by atoms with Crippen LogP contribution in [-0.4, -0.2) is 20.6 Å². The minimum absolute atomic E-state index is 0.330. The predicted octanol–water partition coefficient (Wildman–Crippen LogP) is 3.08. The minimum atomic E-state index is 0.330. The third-order valence-corrected chi connectivity index (χ3v) is 4.60. The van der Waals surface area contributed by atoms with Gasteiger partial charge >= 0.3 is 0 Å². The van der Waals surface area contributed by atoms with Crippen molar-refractivity contribution in [3.8, 4) is 0 Å². The Bertz CT molecular complexity index is 557. The molecule has 2 N–H and O–H groups in total. The monoisotopic (exact) mass is 258 g/mol. The molecule has 2 aromatic rings. The van der Waals surface area contributed by atoms with Gasteiger partial charge in [-0.15, -0.1) is 0 Å². The van der Waals surface area contributed by atoms with Gasteiger partial charge in [0, 0.05) is 29.0 Å². The predicted molar refractivity (Wildman–Crippen MR) is 78.2 cm³/mol. The van der Waals surface area contributed by atoms with Crippen LogP contribution < -0.4 is 10.6 Å². The maximum absolute atomic E-state index is 5.71. The fourth-order valence-corrected chi connectivity index (χ4v) is 3.56.